The standard InChI is InChI=1S/C23H48O3.6CH4.S/c1-2-3-4-5-6-7-8-9-10-11-12-13-14-15-16-17-20-25-22-23-26-21-18-19-24;;;;;;;/h24H,2-23H2,1H3;6*1H4;/q;;;;;;;-2. The predicted molar refractivity (Wildman–Crippen MR) is 161 cm³/mol. The lowest BCUT2D eigenvalue weighted by molar-refractivity contribution is 0.0413. The monoisotopic (exact) mass is 501 g/mol. The Kier molecular flexibility index (Phi) is 88.0. The molecule has 0 heterocycles. The maximum absolute atomic E-state index is 8.62. The average Bonchev–Trinajstić information content (AvgIpc) is 2.66. The number of ether oxygens (including phenoxy) is 2. The highest BCUT2D eigenvalue weighted by atomic mass is 32.1. The van der Waals surface area contributed by atoms with Crippen molar-refractivity contribution >= 4 is 13.5 Å². The van der Waals surface area contributed by atoms with E-state index in [2.05, 4.69) is 6.92 Å². The summed E-state index contributed by atoms with van der Waals surface area (Å²) in [4.78, 5) is 0. The van der Waals surface area contributed by atoms with E-state index in [9.17, 15) is 0 Å². The zero-order chi connectivity index (χ0) is 19.0. The normalized spacial score (nSPS) is 8.91. The maximum Gasteiger partial charge on any atom is 0.0700 e. The molecule has 4 heteroatoms. The molecule has 0 bridgehead atoms. The Balaban J connectivity index is -0.000000149. The molecule has 0 aliphatic heterocycles. The molecule has 1 N–H and O–H groups in total. The van der Waals surface area contributed by atoms with Crippen molar-refractivity contribution in [2.45, 2.75) is 161 Å². The fourth-order valence-electron chi connectivity index (χ4n) is 3.24. The van der Waals surface area contributed by atoms with Crippen molar-refractivity contribution in [1.29, 1.82) is 0 Å². The first-order chi connectivity index (χ1) is 12.9. The van der Waals surface area contributed by atoms with Crippen LogP contribution in [0.25, 0.3) is 0 Å². The van der Waals surface area contributed by atoms with Gasteiger partial charge in [-0.05, 0) is 12.8 Å². The number of hydrogen-bond acceptors (Lipinski definition) is 3. The molecule has 0 saturated carbocycles. The fraction of sp³-hybridized carbons (Fsp3) is 1.00. The summed E-state index contributed by atoms with van der Waals surface area (Å²) in [5.74, 6) is 0. The van der Waals surface area contributed by atoms with E-state index in [1.54, 1.807) is 0 Å². The Morgan fingerprint density at radius 2 is 0.667 bits per heavy atom. The van der Waals surface area contributed by atoms with Crippen LogP contribution in [0.15, 0.2) is 0 Å². The molecule has 0 aromatic rings. The SMILES string of the molecule is C.C.C.C.C.C.CCCCCCCCCCCCCCCCCCOCCOCCCO.[S-2]. The van der Waals surface area contributed by atoms with Crippen LogP contribution < -0.4 is 0 Å². The summed E-state index contributed by atoms with van der Waals surface area (Å²) in [7, 11) is 0. The molecule has 0 unspecified atom stereocenters. The summed E-state index contributed by atoms with van der Waals surface area (Å²) in [6, 6.07) is 0. The largest absolute Gasteiger partial charge is 2.00 e. The highest BCUT2D eigenvalue weighted by molar-refractivity contribution is 7.37. The predicted octanol–water partition coefficient (Wildman–Crippen LogP) is 10.5. The molecule has 33 heavy (non-hydrogen) atoms. The van der Waals surface area contributed by atoms with E-state index in [-0.39, 0.29) is 64.7 Å². The lowest BCUT2D eigenvalue weighted by atomic mass is 10.0. The van der Waals surface area contributed by atoms with Crippen LogP contribution in [-0.2, 0) is 23.0 Å². The smallest absolute Gasteiger partial charge is 0.0700 e. The third-order valence-electron chi connectivity index (χ3n) is 4.96. The molecular weight excluding hydrogens is 428 g/mol. The van der Waals surface area contributed by atoms with Gasteiger partial charge in [0, 0.05) is 19.8 Å². The van der Waals surface area contributed by atoms with Crippen molar-refractivity contribution in [2.24, 2.45) is 0 Å². The molecule has 0 aliphatic rings. The molecular formula is C29H72O3S-2. The lowest BCUT2D eigenvalue weighted by Crippen LogP contribution is -2.06. The quantitative estimate of drug-likeness (QED) is 0.142. The summed E-state index contributed by atoms with van der Waals surface area (Å²) in [6.45, 7) is 5.33. The van der Waals surface area contributed by atoms with Crippen LogP contribution in [0.1, 0.15) is 161 Å². The van der Waals surface area contributed by atoms with Crippen molar-refractivity contribution in [3.05, 3.63) is 0 Å². The molecule has 0 amide bonds. The summed E-state index contributed by atoms with van der Waals surface area (Å²) in [5, 5.41) is 8.62. The van der Waals surface area contributed by atoms with Gasteiger partial charge in [-0.2, -0.15) is 0 Å². The molecule has 0 radical (unpaired) electrons. The molecule has 0 fully saturated rings. The van der Waals surface area contributed by atoms with Crippen LogP contribution in [0.5, 0.6) is 0 Å². The fourth-order valence-corrected chi connectivity index (χ4v) is 3.24. The van der Waals surface area contributed by atoms with E-state index < -0.39 is 0 Å². The Bertz CT molecular complexity index is 217. The van der Waals surface area contributed by atoms with Gasteiger partial charge in [-0.25, -0.2) is 0 Å². The molecule has 3 nitrogen and oxygen atoms in total. The van der Waals surface area contributed by atoms with E-state index in [0.717, 1.165) is 13.0 Å². The second-order valence-corrected chi connectivity index (χ2v) is 7.61. The van der Waals surface area contributed by atoms with Crippen molar-refractivity contribution < 1.29 is 14.6 Å². The van der Waals surface area contributed by atoms with Gasteiger partial charge >= 0.3 is 0 Å². The summed E-state index contributed by atoms with van der Waals surface area (Å²) in [5.41, 5.74) is 0. The number of unbranched alkanes of at least 4 members (excludes halogenated alkanes) is 15. The van der Waals surface area contributed by atoms with Crippen molar-refractivity contribution in [1.82, 2.24) is 0 Å². The lowest BCUT2D eigenvalue weighted by Gasteiger charge is -2.05. The van der Waals surface area contributed by atoms with Gasteiger partial charge in [0.2, 0.25) is 0 Å². The van der Waals surface area contributed by atoms with Crippen LogP contribution in [-0.4, -0.2) is 38.1 Å². The number of hydrogen-bond donors (Lipinski definition) is 1. The summed E-state index contributed by atoms with van der Waals surface area (Å²) < 4.78 is 10.9. The minimum absolute atomic E-state index is 0. The Hall–Kier alpha value is 0.230. The van der Waals surface area contributed by atoms with Crippen molar-refractivity contribution in [2.75, 3.05) is 33.0 Å². The molecule has 214 valence electrons. The van der Waals surface area contributed by atoms with E-state index in [0.29, 0.717) is 19.8 Å². The first-order valence-electron chi connectivity index (χ1n) is 11.7. The zero-order valence-electron chi connectivity index (χ0n) is 18.2. The highest BCUT2D eigenvalue weighted by Gasteiger charge is 1.95. The molecule has 0 saturated heterocycles. The third kappa shape index (κ3) is 54.6. The van der Waals surface area contributed by atoms with Gasteiger partial charge in [0.1, 0.15) is 0 Å². The highest BCUT2D eigenvalue weighted by Crippen LogP contribution is 2.13. The van der Waals surface area contributed by atoms with Gasteiger partial charge in [-0.15, -0.1) is 0 Å². The van der Waals surface area contributed by atoms with Gasteiger partial charge in [-0.1, -0.05) is 148 Å². The molecule has 0 spiro atoms. The molecule has 0 atom stereocenters. The minimum atomic E-state index is 0. The van der Waals surface area contributed by atoms with Crippen LogP contribution in [0.4, 0.5) is 0 Å². The second-order valence-electron chi connectivity index (χ2n) is 7.61. The van der Waals surface area contributed by atoms with Gasteiger partial charge in [0.15, 0.2) is 0 Å². The van der Waals surface area contributed by atoms with E-state index in [1.807, 2.05) is 0 Å². The number of aliphatic hydroxyl groups excluding tert-OH is 1. The zero-order valence-corrected chi connectivity index (χ0v) is 19.0. The third-order valence-corrected chi connectivity index (χ3v) is 4.96. The van der Waals surface area contributed by atoms with Crippen LogP contribution >= 0.6 is 0 Å². The molecule has 0 aromatic heterocycles. The molecule has 0 aromatic carbocycles. The van der Waals surface area contributed by atoms with Gasteiger partial charge < -0.3 is 28.1 Å². The molecule has 0 rings (SSSR count). The van der Waals surface area contributed by atoms with Gasteiger partial charge in [0.25, 0.3) is 0 Å². The van der Waals surface area contributed by atoms with Crippen LogP contribution in [0.2, 0.25) is 0 Å². The average molecular weight is 501 g/mol. The van der Waals surface area contributed by atoms with Crippen LogP contribution in [0.3, 0.4) is 0 Å². The Morgan fingerprint density at radius 3 is 0.970 bits per heavy atom. The van der Waals surface area contributed by atoms with Gasteiger partial charge in [-0.3, -0.25) is 0 Å². The maximum atomic E-state index is 8.62. The Labute approximate surface area is 221 Å². The van der Waals surface area contributed by atoms with E-state index >= 15 is 0 Å². The summed E-state index contributed by atoms with van der Waals surface area (Å²) in [6.07, 6.45) is 23.2. The minimum Gasteiger partial charge on any atom is -2.00 e. The van der Waals surface area contributed by atoms with Crippen LogP contribution in [0, 0.1) is 0 Å². The molecule has 0 aliphatic carbocycles. The van der Waals surface area contributed by atoms with E-state index in [4.69, 9.17) is 14.6 Å². The summed E-state index contributed by atoms with van der Waals surface area (Å²) >= 11 is 0. The van der Waals surface area contributed by atoms with Crippen molar-refractivity contribution in [3.63, 3.8) is 0 Å². The van der Waals surface area contributed by atoms with Gasteiger partial charge in [0.05, 0.1) is 13.2 Å². The topological polar surface area (TPSA) is 38.7 Å². The Morgan fingerprint density at radius 1 is 0.394 bits per heavy atom. The second kappa shape index (κ2) is 53.5. The first-order valence-corrected chi connectivity index (χ1v) is 11.7. The first kappa shape index (κ1) is 54.2. The van der Waals surface area contributed by atoms with E-state index in [1.165, 1.54) is 103 Å². The van der Waals surface area contributed by atoms with Crippen molar-refractivity contribution in [3.8, 4) is 0 Å². The number of rotatable bonds is 23. The number of aliphatic hydroxyl groups is 1.